The second-order valence-electron chi connectivity index (χ2n) is 7.02. The molecule has 0 spiro atoms. The Hall–Kier alpha value is -2.00. The molecule has 0 saturated carbocycles. The van der Waals surface area contributed by atoms with Gasteiger partial charge in [-0.05, 0) is 49.5 Å². The van der Waals surface area contributed by atoms with E-state index < -0.39 is 9.84 Å². The van der Waals surface area contributed by atoms with Gasteiger partial charge in [-0.3, -0.25) is 9.69 Å². The summed E-state index contributed by atoms with van der Waals surface area (Å²) in [5.74, 6) is -0.292. The third kappa shape index (κ3) is 5.44. The number of rotatable bonds is 9. The van der Waals surface area contributed by atoms with Gasteiger partial charge in [0, 0.05) is 23.7 Å². The lowest BCUT2D eigenvalue weighted by atomic mass is 10.2. The lowest BCUT2D eigenvalue weighted by Gasteiger charge is -2.25. The Morgan fingerprint density at radius 3 is 2.48 bits per heavy atom. The molecule has 31 heavy (non-hydrogen) atoms. The van der Waals surface area contributed by atoms with E-state index in [0.29, 0.717) is 28.8 Å². The van der Waals surface area contributed by atoms with Crippen molar-refractivity contribution in [2.24, 2.45) is 0 Å². The van der Waals surface area contributed by atoms with E-state index in [0.717, 1.165) is 23.3 Å². The van der Waals surface area contributed by atoms with Crippen molar-refractivity contribution in [2.45, 2.75) is 25.7 Å². The molecule has 0 fully saturated rings. The van der Waals surface area contributed by atoms with Crippen LogP contribution in [-0.2, 0) is 9.84 Å². The topological polar surface area (TPSA) is 70.6 Å². The first-order valence-electron chi connectivity index (χ1n) is 10.2. The normalized spacial score (nSPS) is 11.9. The molecule has 3 aromatic rings. The summed E-state index contributed by atoms with van der Waals surface area (Å²) in [4.78, 5) is 22.2. The fourth-order valence-corrected chi connectivity index (χ4v) is 5.40. The molecule has 0 N–H and O–H groups in total. The third-order valence-corrected chi connectivity index (χ3v) is 8.18. The van der Waals surface area contributed by atoms with Gasteiger partial charge in [-0.15, -0.1) is 0 Å². The second kappa shape index (κ2) is 10.1. The summed E-state index contributed by atoms with van der Waals surface area (Å²) < 4.78 is 25.5. The maximum Gasteiger partial charge on any atom is 0.260 e. The SMILES string of the molecule is CCN(CC)CCN(C(=O)c1cccc(S(=O)(=O)CC)c1)c1nc2ccc(Cl)cc2s1. The predicted molar refractivity (Wildman–Crippen MR) is 128 cm³/mol. The second-order valence-corrected chi connectivity index (χ2v) is 10.7. The van der Waals surface area contributed by atoms with Crippen molar-refractivity contribution >= 4 is 54.0 Å². The summed E-state index contributed by atoms with van der Waals surface area (Å²) >= 11 is 7.51. The van der Waals surface area contributed by atoms with E-state index in [9.17, 15) is 13.2 Å². The van der Waals surface area contributed by atoms with Crippen LogP contribution in [0.4, 0.5) is 5.13 Å². The van der Waals surface area contributed by atoms with E-state index in [1.165, 1.54) is 23.5 Å². The van der Waals surface area contributed by atoms with Gasteiger partial charge in [0.25, 0.3) is 5.91 Å². The molecule has 1 aromatic heterocycles. The van der Waals surface area contributed by atoms with Crippen molar-refractivity contribution in [1.82, 2.24) is 9.88 Å². The fraction of sp³-hybridized carbons (Fsp3) is 0.364. The number of fused-ring (bicyclic) bond motifs is 1. The Kier molecular flexibility index (Phi) is 7.69. The number of likely N-dealkylation sites (N-methyl/N-ethyl adjacent to an activating group) is 1. The molecule has 6 nitrogen and oxygen atoms in total. The standard InChI is InChI=1S/C22H26ClN3O3S2/c1-4-25(5-2)12-13-26(22-24-19-11-10-17(23)15-20(19)30-22)21(27)16-8-7-9-18(14-16)31(28,29)6-3/h7-11,14-15H,4-6,12-13H2,1-3H3. The monoisotopic (exact) mass is 479 g/mol. The maximum atomic E-state index is 13.5. The molecule has 3 rings (SSSR count). The molecule has 9 heteroatoms. The molecule has 1 heterocycles. The maximum absolute atomic E-state index is 13.5. The Bertz CT molecular complexity index is 1170. The zero-order chi connectivity index (χ0) is 22.6. The van der Waals surface area contributed by atoms with Crippen LogP contribution in [0.1, 0.15) is 31.1 Å². The average molecular weight is 480 g/mol. The lowest BCUT2D eigenvalue weighted by Crippen LogP contribution is -2.39. The highest BCUT2D eigenvalue weighted by atomic mass is 35.5. The van der Waals surface area contributed by atoms with Crippen molar-refractivity contribution in [3.8, 4) is 0 Å². The number of anilines is 1. The first kappa shape index (κ1) is 23.7. The average Bonchev–Trinajstić information content (AvgIpc) is 3.19. The van der Waals surface area contributed by atoms with Gasteiger partial charge >= 0.3 is 0 Å². The Morgan fingerprint density at radius 2 is 1.81 bits per heavy atom. The van der Waals surface area contributed by atoms with Crippen molar-refractivity contribution in [1.29, 1.82) is 0 Å². The number of halogens is 1. The third-order valence-electron chi connectivity index (χ3n) is 5.17. The molecule has 0 bridgehead atoms. The van der Waals surface area contributed by atoms with E-state index in [1.54, 1.807) is 30.0 Å². The van der Waals surface area contributed by atoms with E-state index in [2.05, 4.69) is 23.7 Å². The summed E-state index contributed by atoms with van der Waals surface area (Å²) in [5, 5.41) is 1.18. The zero-order valence-corrected chi connectivity index (χ0v) is 20.2. The summed E-state index contributed by atoms with van der Waals surface area (Å²) in [6.45, 7) is 8.62. The molecular formula is C22H26ClN3O3S2. The highest BCUT2D eigenvalue weighted by molar-refractivity contribution is 7.91. The summed E-state index contributed by atoms with van der Waals surface area (Å²) in [5.41, 5.74) is 1.10. The first-order chi connectivity index (χ1) is 14.8. The van der Waals surface area contributed by atoms with Gasteiger partial charge in [-0.25, -0.2) is 13.4 Å². The Balaban J connectivity index is 2.00. The summed E-state index contributed by atoms with van der Waals surface area (Å²) in [7, 11) is -3.41. The Morgan fingerprint density at radius 1 is 1.06 bits per heavy atom. The van der Waals surface area contributed by atoms with E-state index in [-0.39, 0.29) is 16.6 Å². The van der Waals surface area contributed by atoms with Gasteiger partial charge in [-0.1, -0.05) is 49.8 Å². The van der Waals surface area contributed by atoms with Crippen molar-refractivity contribution in [2.75, 3.05) is 36.8 Å². The smallest absolute Gasteiger partial charge is 0.260 e. The first-order valence-corrected chi connectivity index (χ1v) is 13.1. The number of thiazole rings is 1. The number of hydrogen-bond acceptors (Lipinski definition) is 6. The molecule has 166 valence electrons. The lowest BCUT2D eigenvalue weighted by molar-refractivity contribution is 0.0983. The largest absolute Gasteiger partial charge is 0.302 e. The molecule has 0 aliphatic heterocycles. The van der Waals surface area contributed by atoms with Crippen LogP contribution in [0.5, 0.6) is 0 Å². The molecule has 1 amide bonds. The van der Waals surface area contributed by atoms with Gasteiger partial charge < -0.3 is 4.90 Å². The number of aromatic nitrogens is 1. The summed E-state index contributed by atoms with van der Waals surface area (Å²) in [6.07, 6.45) is 0. The van der Waals surface area contributed by atoms with Gasteiger partial charge in [0.15, 0.2) is 15.0 Å². The highest BCUT2D eigenvalue weighted by Crippen LogP contribution is 2.31. The number of sulfone groups is 1. The van der Waals surface area contributed by atoms with Crippen molar-refractivity contribution < 1.29 is 13.2 Å². The Labute approximate surface area is 192 Å². The molecule has 0 unspecified atom stereocenters. The number of nitrogens with zero attached hydrogens (tertiary/aromatic N) is 3. The minimum Gasteiger partial charge on any atom is -0.302 e. The number of hydrogen-bond donors (Lipinski definition) is 0. The zero-order valence-electron chi connectivity index (χ0n) is 17.8. The van der Waals surface area contributed by atoms with Crippen LogP contribution >= 0.6 is 22.9 Å². The summed E-state index contributed by atoms with van der Waals surface area (Å²) in [6, 6.07) is 11.7. The van der Waals surface area contributed by atoms with Crippen LogP contribution in [-0.4, -0.2) is 56.1 Å². The van der Waals surface area contributed by atoms with Crippen molar-refractivity contribution in [3.63, 3.8) is 0 Å². The van der Waals surface area contributed by atoms with E-state index in [4.69, 9.17) is 11.6 Å². The molecule has 2 aromatic carbocycles. The van der Waals surface area contributed by atoms with E-state index >= 15 is 0 Å². The van der Waals surface area contributed by atoms with Gasteiger partial charge in [-0.2, -0.15) is 0 Å². The van der Waals surface area contributed by atoms with Crippen LogP contribution in [0, 0.1) is 0 Å². The van der Waals surface area contributed by atoms with Crippen LogP contribution < -0.4 is 4.90 Å². The van der Waals surface area contributed by atoms with Crippen LogP contribution in [0.2, 0.25) is 5.02 Å². The fourth-order valence-electron chi connectivity index (χ4n) is 3.21. The van der Waals surface area contributed by atoms with Gasteiger partial charge in [0.05, 0.1) is 20.9 Å². The van der Waals surface area contributed by atoms with E-state index in [1.807, 2.05) is 12.1 Å². The predicted octanol–water partition coefficient (Wildman–Crippen LogP) is 4.73. The molecule has 0 atom stereocenters. The van der Waals surface area contributed by atoms with Crippen molar-refractivity contribution in [3.05, 3.63) is 53.1 Å². The van der Waals surface area contributed by atoms with Gasteiger partial charge in [0.2, 0.25) is 0 Å². The molecule has 0 aliphatic carbocycles. The van der Waals surface area contributed by atoms with Gasteiger partial charge in [0.1, 0.15) is 0 Å². The quantitative estimate of drug-likeness (QED) is 0.443. The van der Waals surface area contributed by atoms with Crippen LogP contribution in [0.25, 0.3) is 10.2 Å². The molecule has 0 saturated heterocycles. The molecule has 0 radical (unpaired) electrons. The number of amides is 1. The number of benzene rings is 2. The van der Waals surface area contributed by atoms with Crippen LogP contribution in [0.3, 0.4) is 0 Å². The minimum absolute atomic E-state index is 0.0189. The molecular weight excluding hydrogens is 454 g/mol. The molecule has 0 aliphatic rings. The number of carbonyl (C=O) groups is 1. The number of carbonyl (C=O) groups excluding carboxylic acids is 1. The van der Waals surface area contributed by atoms with Crippen LogP contribution in [0.15, 0.2) is 47.4 Å². The minimum atomic E-state index is -3.41. The highest BCUT2D eigenvalue weighted by Gasteiger charge is 2.23.